The molecule has 0 bridgehead atoms. The summed E-state index contributed by atoms with van der Waals surface area (Å²) in [5.74, 6) is 0.803. The molecule has 0 spiro atoms. The second kappa shape index (κ2) is 11.3. The molecule has 1 heterocycles. The van der Waals surface area contributed by atoms with Crippen LogP contribution >= 0.6 is 35.3 Å². The normalized spacial score (nSPS) is 12.7. The van der Waals surface area contributed by atoms with E-state index in [1.165, 1.54) is 9.88 Å². The standard InChI is InChI=1S/C13H24N4OS.HI/c1-5-11-8-16-12(19-11)6-7-15-13(14-3)17-10(2)9-18-4;/h8,10H,5-7,9H2,1-4H3,(H2,14,15,17);1H. The van der Waals surface area contributed by atoms with E-state index < -0.39 is 0 Å². The average molecular weight is 412 g/mol. The average Bonchev–Trinajstić information content (AvgIpc) is 2.86. The number of hydrogen-bond acceptors (Lipinski definition) is 4. The first kappa shape index (κ1) is 19.6. The number of rotatable bonds is 7. The monoisotopic (exact) mass is 412 g/mol. The van der Waals surface area contributed by atoms with E-state index in [1.807, 2.05) is 6.20 Å². The third-order valence-corrected chi connectivity index (χ3v) is 3.81. The molecule has 1 rings (SSSR count). The van der Waals surface area contributed by atoms with Gasteiger partial charge in [0.2, 0.25) is 0 Å². The lowest BCUT2D eigenvalue weighted by Gasteiger charge is -2.16. The molecular formula is C13H25IN4OS. The zero-order valence-electron chi connectivity index (χ0n) is 12.6. The van der Waals surface area contributed by atoms with Crippen molar-refractivity contribution in [3.63, 3.8) is 0 Å². The number of hydrogen-bond donors (Lipinski definition) is 2. The van der Waals surface area contributed by atoms with Gasteiger partial charge in [-0.05, 0) is 13.3 Å². The summed E-state index contributed by atoms with van der Waals surface area (Å²) in [5.41, 5.74) is 0. The van der Waals surface area contributed by atoms with Gasteiger partial charge in [0.1, 0.15) is 0 Å². The third-order valence-electron chi connectivity index (χ3n) is 2.60. The van der Waals surface area contributed by atoms with E-state index in [9.17, 15) is 0 Å². The molecule has 1 unspecified atom stereocenters. The number of halogens is 1. The molecule has 0 amide bonds. The van der Waals surface area contributed by atoms with Crippen molar-refractivity contribution in [1.29, 1.82) is 0 Å². The first-order valence-electron chi connectivity index (χ1n) is 6.59. The van der Waals surface area contributed by atoms with Crippen LogP contribution in [0.1, 0.15) is 23.7 Å². The molecule has 0 aliphatic heterocycles. The maximum Gasteiger partial charge on any atom is 0.191 e. The molecule has 0 fully saturated rings. The third kappa shape index (κ3) is 7.39. The molecular weight excluding hydrogens is 387 g/mol. The highest BCUT2D eigenvalue weighted by Crippen LogP contribution is 2.13. The van der Waals surface area contributed by atoms with E-state index in [2.05, 4.69) is 34.5 Å². The van der Waals surface area contributed by atoms with E-state index in [-0.39, 0.29) is 30.0 Å². The lowest BCUT2D eigenvalue weighted by molar-refractivity contribution is 0.179. The van der Waals surface area contributed by atoms with Gasteiger partial charge in [-0.1, -0.05) is 6.92 Å². The number of thiazole rings is 1. The molecule has 0 aliphatic rings. The van der Waals surface area contributed by atoms with Crippen LogP contribution in [-0.4, -0.2) is 44.3 Å². The first-order chi connectivity index (χ1) is 9.19. The molecule has 0 aliphatic carbocycles. The van der Waals surface area contributed by atoms with Gasteiger partial charge in [0, 0.05) is 44.2 Å². The Hall–Kier alpha value is -0.410. The number of ether oxygens (including phenoxy) is 1. The minimum absolute atomic E-state index is 0. The Morgan fingerprint density at radius 3 is 2.85 bits per heavy atom. The zero-order chi connectivity index (χ0) is 14.1. The molecule has 5 nitrogen and oxygen atoms in total. The van der Waals surface area contributed by atoms with Crippen LogP contribution < -0.4 is 10.6 Å². The molecule has 1 atom stereocenters. The molecule has 2 N–H and O–H groups in total. The molecule has 0 aromatic carbocycles. The van der Waals surface area contributed by atoms with Gasteiger partial charge in [-0.2, -0.15) is 0 Å². The smallest absolute Gasteiger partial charge is 0.191 e. The summed E-state index contributed by atoms with van der Waals surface area (Å²) in [7, 11) is 3.47. The number of aromatic nitrogens is 1. The fraction of sp³-hybridized carbons (Fsp3) is 0.692. The van der Waals surface area contributed by atoms with Crippen LogP contribution in [0, 0.1) is 0 Å². The van der Waals surface area contributed by atoms with Crippen molar-refractivity contribution in [1.82, 2.24) is 15.6 Å². The Labute approximate surface area is 142 Å². The van der Waals surface area contributed by atoms with Crippen LogP contribution in [0.25, 0.3) is 0 Å². The second-order valence-corrected chi connectivity index (χ2v) is 5.52. The van der Waals surface area contributed by atoms with E-state index in [0.717, 1.165) is 25.3 Å². The molecule has 0 saturated carbocycles. The van der Waals surface area contributed by atoms with Crippen molar-refractivity contribution < 1.29 is 4.74 Å². The summed E-state index contributed by atoms with van der Waals surface area (Å²) in [4.78, 5) is 9.92. The topological polar surface area (TPSA) is 58.5 Å². The van der Waals surface area contributed by atoms with E-state index in [0.29, 0.717) is 6.61 Å². The van der Waals surface area contributed by atoms with Crippen LogP contribution in [0.15, 0.2) is 11.2 Å². The molecule has 7 heteroatoms. The fourth-order valence-corrected chi connectivity index (χ4v) is 2.50. The van der Waals surface area contributed by atoms with Crippen LogP contribution in [0.2, 0.25) is 0 Å². The number of aryl methyl sites for hydroxylation is 1. The van der Waals surface area contributed by atoms with Gasteiger partial charge in [-0.25, -0.2) is 4.98 Å². The van der Waals surface area contributed by atoms with Gasteiger partial charge in [0.05, 0.1) is 11.6 Å². The minimum Gasteiger partial charge on any atom is -0.383 e. The van der Waals surface area contributed by atoms with E-state index in [1.54, 1.807) is 25.5 Å². The summed E-state index contributed by atoms with van der Waals surface area (Å²) in [6.07, 6.45) is 3.95. The van der Waals surface area contributed by atoms with Crippen molar-refractivity contribution >= 4 is 41.3 Å². The van der Waals surface area contributed by atoms with Gasteiger partial charge < -0.3 is 15.4 Å². The predicted octanol–water partition coefficient (Wildman–Crippen LogP) is 2.07. The number of aliphatic imine (C=N–C) groups is 1. The quantitative estimate of drug-likeness (QED) is 0.409. The molecule has 1 aromatic heterocycles. The van der Waals surface area contributed by atoms with Crippen molar-refractivity contribution in [2.45, 2.75) is 32.7 Å². The lowest BCUT2D eigenvalue weighted by atomic mass is 10.4. The molecule has 1 aromatic rings. The predicted molar refractivity (Wildman–Crippen MR) is 96.4 cm³/mol. The highest BCUT2D eigenvalue weighted by atomic mass is 127. The van der Waals surface area contributed by atoms with Gasteiger partial charge in [0.25, 0.3) is 0 Å². The van der Waals surface area contributed by atoms with Gasteiger partial charge in [0.15, 0.2) is 5.96 Å². The second-order valence-electron chi connectivity index (χ2n) is 4.32. The fourth-order valence-electron chi connectivity index (χ4n) is 1.63. The van der Waals surface area contributed by atoms with Crippen molar-refractivity contribution in [2.75, 3.05) is 27.3 Å². The Morgan fingerprint density at radius 1 is 1.55 bits per heavy atom. The SMILES string of the molecule is CCc1cnc(CCNC(=NC)NC(C)COC)s1.I. The maximum atomic E-state index is 5.08. The Morgan fingerprint density at radius 2 is 2.30 bits per heavy atom. The summed E-state index contributed by atoms with van der Waals surface area (Å²) >= 11 is 1.78. The largest absolute Gasteiger partial charge is 0.383 e. The van der Waals surface area contributed by atoms with Crippen LogP contribution in [-0.2, 0) is 17.6 Å². The molecule has 0 saturated heterocycles. The maximum absolute atomic E-state index is 5.08. The highest BCUT2D eigenvalue weighted by Gasteiger charge is 2.05. The molecule has 20 heavy (non-hydrogen) atoms. The summed E-state index contributed by atoms with van der Waals surface area (Å²) in [6, 6.07) is 0.239. The van der Waals surface area contributed by atoms with Gasteiger partial charge in [-0.15, -0.1) is 35.3 Å². The number of nitrogens with zero attached hydrogens (tertiary/aromatic N) is 2. The number of nitrogens with one attached hydrogen (secondary N) is 2. The van der Waals surface area contributed by atoms with Crippen molar-refractivity contribution in [2.24, 2.45) is 4.99 Å². The summed E-state index contributed by atoms with van der Waals surface area (Å²) in [6.45, 7) is 5.70. The summed E-state index contributed by atoms with van der Waals surface area (Å²) < 4.78 is 5.08. The molecule has 116 valence electrons. The zero-order valence-corrected chi connectivity index (χ0v) is 15.7. The molecule has 0 radical (unpaired) electrons. The van der Waals surface area contributed by atoms with Crippen LogP contribution in [0.4, 0.5) is 0 Å². The highest BCUT2D eigenvalue weighted by molar-refractivity contribution is 14.0. The first-order valence-corrected chi connectivity index (χ1v) is 7.41. The van der Waals surface area contributed by atoms with Crippen molar-refractivity contribution in [3.8, 4) is 0 Å². The van der Waals surface area contributed by atoms with Crippen LogP contribution in [0.5, 0.6) is 0 Å². The Bertz CT molecular complexity index is 397. The van der Waals surface area contributed by atoms with Crippen molar-refractivity contribution in [3.05, 3.63) is 16.1 Å². The van der Waals surface area contributed by atoms with E-state index in [4.69, 9.17) is 4.74 Å². The van der Waals surface area contributed by atoms with E-state index >= 15 is 0 Å². The number of guanidine groups is 1. The summed E-state index contributed by atoms with van der Waals surface area (Å²) in [5, 5.41) is 7.72. The number of methoxy groups -OCH3 is 1. The van der Waals surface area contributed by atoms with Crippen LogP contribution in [0.3, 0.4) is 0 Å². The van der Waals surface area contributed by atoms with Gasteiger partial charge >= 0.3 is 0 Å². The lowest BCUT2D eigenvalue weighted by Crippen LogP contribution is -2.44. The Kier molecular flexibility index (Phi) is 11.0. The minimum atomic E-state index is 0. The van der Waals surface area contributed by atoms with Gasteiger partial charge in [-0.3, -0.25) is 4.99 Å². The Balaban J connectivity index is 0.00000361.